The molecule has 0 unspecified atom stereocenters. The number of hydrogen-bond acceptors (Lipinski definition) is 5. The largest absolute Gasteiger partial charge is 0.399 e. The zero-order valence-corrected chi connectivity index (χ0v) is 15.6. The van der Waals surface area contributed by atoms with E-state index >= 15 is 0 Å². The summed E-state index contributed by atoms with van der Waals surface area (Å²) in [6.45, 7) is 4.70. The Hall–Kier alpha value is -2.80. The molecule has 0 atom stereocenters. The van der Waals surface area contributed by atoms with E-state index in [1.54, 1.807) is 0 Å². The molecule has 0 saturated carbocycles. The molecule has 0 aliphatic rings. The van der Waals surface area contributed by atoms with Crippen LogP contribution in [0.5, 0.6) is 0 Å². The number of aromatic nitrogens is 3. The van der Waals surface area contributed by atoms with Crippen LogP contribution in [-0.2, 0) is 11.3 Å². The highest BCUT2D eigenvalue weighted by atomic mass is 32.2. The van der Waals surface area contributed by atoms with Crippen molar-refractivity contribution in [3.8, 4) is 11.4 Å². The van der Waals surface area contributed by atoms with Gasteiger partial charge in [0.15, 0.2) is 11.0 Å². The van der Waals surface area contributed by atoms with Gasteiger partial charge in [-0.15, -0.1) is 10.2 Å². The van der Waals surface area contributed by atoms with Crippen LogP contribution in [0.25, 0.3) is 11.4 Å². The first kappa shape index (κ1) is 18.0. The second-order valence-electron chi connectivity index (χ2n) is 5.83. The van der Waals surface area contributed by atoms with Crippen LogP contribution >= 0.6 is 11.8 Å². The SMILES string of the molecule is CCn1c(SCC(=O)Nc2ccccc2C)nnc1-c1cccc(N)c1. The zero-order chi connectivity index (χ0) is 18.5. The smallest absolute Gasteiger partial charge is 0.234 e. The van der Waals surface area contributed by atoms with Crippen molar-refractivity contribution in [3.05, 3.63) is 54.1 Å². The van der Waals surface area contributed by atoms with Gasteiger partial charge in [0.1, 0.15) is 0 Å². The molecule has 26 heavy (non-hydrogen) atoms. The highest BCUT2D eigenvalue weighted by Gasteiger charge is 2.15. The lowest BCUT2D eigenvalue weighted by molar-refractivity contribution is -0.113. The van der Waals surface area contributed by atoms with Gasteiger partial charge in [0.2, 0.25) is 5.91 Å². The fraction of sp³-hybridized carbons (Fsp3) is 0.211. The van der Waals surface area contributed by atoms with Crippen molar-refractivity contribution in [2.45, 2.75) is 25.5 Å². The molecule has 0 fully saturated rings. The lowest BCUT2D eigenvalue weighted by Crippen LogP contribution is -2.15. The summed E-state index contributed by atoms with van der Waals surface area (Å²) in [7, 11) is 0. The Morgan fingerprint density at radius 3 is 2.73 bits per heavy atom. The molecule has 0 aliphatic carbocycles. The predicted octanol–water partition coefficient (Wildman–Crippen LogP) is 3.59. The maximum absolute atomic E-state index is 12.3. The lowest BCUT2D eigenvalue weighted by Gasteiger charge is -2.09. The average molecular weight is 367 g/mol. The number of nitrogen functional groups attached to an aromatic ring is 1. The van der Waals surface area contributed by atoms with E-state index in [1.807, 2.05) is 66.9 Å². The number of anilines is 2. The maximum atomic E-state index is 12.3. The Balaban J connectivity index is 1.71. The summed E-state index contributed by atoms with van der Waals surface area (Å²) in [5.41, 5.74) is 9.32. The van der Waals surface area contributed by atoms with E-state index in [0.717, 1.165) is 22.6 Å². The highest BCUT2D eigenvalue weighted by molar-refractivity contribution is 7.99. The van der Waals surface area contributed by atoms with Gasteiger partial charge in [-0.1, -0.05) is 42.1 Å². The number of hydrogen-bond donors (Lipinski definition) is 2. The van der Waals surface area contributed by atoms with E-state index < -0.39 is 0 Å². The van der Waals surface area contributed by atoms with Gasteiger partial charge in [-0.25, -0.2) is 0 Å². The molecule has 134 valence electrons. The summed E-state index contributed by atoms with van der Waals surface area (Å²) in [6, 6.07) is 15.3. The number of carbonyl (C=O) groups excluding carboxylic acids is 1. The Labute approximate surface area is 156 Å². The second kappa shape index (κ2) is 8.05. The summed E-state index contributed by atoms with van der Waals surface area (Å²) >= 11 is 1.37. The van der Waals surface area contributed by atoms with Crippen LogP contribution in [0.4, 0.5) is 11.4 Å². The molecule has 0 radical (unpaired) electrons. The van der Waals surface area contributed by atoms with Crippen LogP contribution in [0.2, 0.25) is 0 Å². The zero-order valence-electron chi connectivity index (χ0n) is 14.8. The van der Waals surface area contributed by atoms with Crippen LogP contribution in [0, 0.1) is 6.92 Å². The summed E-state index contributed by atoms with van der Waals surface area (Å²) < 4.78 is 1.99. The van der Waals surface area contributed by atoms with Crippen LogP contribution in [0.3, 0.4) is 0 Å². The molecule has 0 spiro atoms. The molecule has 7 heteroatoms. The van der Waals surface area contributed by atoms with E-state index in [-0.39, 0.29) is 11.7 Å². The van der Waals surface area contributed by atoms with Gasteiger partial charge in [-0.2, -0.15) is 0 Å². The van der Waals surface area contributed by atoms with Crippen molar-refractivity contribution in [2.24, 2.45) is 0 Å². The van der Waals surface area contributed by atoms with Gasteiger partial charge < -0.3 is 15.6 Å². The minimum atomic E-state index is -0.0690. The minimum Gasteiger partial charge on any atom is -0.399 e. The number of rotatable bonds is 6. The van der Waals surface area contributed by atoms with E-state index in [0.29, 0.717) is 17.4 Å². The average Bonchev–Trinajstić information content (AvgIpc) is 3.05. The summed E-state index contributed by atoms with van der Waals surface area (Å²) in [6.07, 6.45) is 0. The molecule has 2 aromatic carbocycles. The maximum Gasteiger partial charge on any atom is 0.234 e. The fourth-order valence-corrected chi connectivity index (χ4v) is 3.40. The van der Waals surface area contributed by atoms with E-state index in [4.69, 9.17) is 5.73 Å². The third-order valence-electron chi connectivity index (χ3n) is 3.93. The van der Waals surface area contributed by atoms with E-state index in [2.05, 4.69) is 15.5 Å². The highest BCUT2D eigenvalue weighted by Crippen LogP contribution is 2.25. The number of nitrogens with one attached hydrogen (secondary N) is 1. The number of nitrogens with zero attached hydrogens (tertiary/aromatic N) is 3. The molecule has 6 nitrogen and oxygen atoms in total. The number of thioether (sulfide) groups is 1. The third kappa shape index (κ3) is 4.05. The van der Waals surface area contributed by atoms with Gasteiger partial charge in [0.25, 0.3) is 0 Å². The molecule has 0 aliphatic heterocycles. The van der Waals surface area contributed by atoms with Crippen LogP contribution in [-0.4, -0.2) is 26.4 Å². The number of aryl methyl sites for hydroxylation is 1. The van der Waals surface area contributed by atoms with Gasteiger partial charge >= 0.3 is 0 Å². The standard InChI is InChI=1S/C19H21N5OS/c1-3-24-18(14-8-6-9-15(20)11-14)22-23-19(24)26-12-17(25)21-16-10-5-4-7-13(16)2/h4-11H,3,12,20H2,1-2H3,(H,21,25). The van der Waals surface area contributed by atoms with E-state index in [9.17, 15) is 4.79 Å². The first-order valence-electron chi connectivity index (χ1n) is 8.36. The van der Waals surface area contributed by atoms with Crippen LogP contribution in [0.1, 0.15) is 12.5 Å². The Kier molecular flexibility index (Phi) is 5.58. The molecule has 0 saturated heterocycles. The molecule has 1 heterocycles. The first-order chi connectivity index (χ1) is 12.6. The van der Waals surface area contributed by atoms with Gasteiger partial charge in [0.05, 0.1) is 5.75 Å². The molecule has 1 aromatic heterocycles. The Bertz CT molecular complexity index is 922. The quantitative estimate of drug-likeness (QED) is 0.514. The normalized spacial score (nSPS) is 10.7. The van der Waals surface area contributed by atoms with Crippen molar-refractivity contribution < 1.29 is 4.79 Å². The van der Waals surface area contributed by atoms with Gasteiger partial charge in [-0.05, 0) is 37.6 Å². The fourth-order valence-electron chi connectivity index (χ4n) is 2.60. The number of benzene rings is 2. The molecule has 0 bridgehead atoms. The molecular formula is C19H21N5OS. The monoisotopic (exact) mass is 367 g/mol. The van der Waals surface area contributed by atoms with Gasteiger partial charge in [-0.3, -0.25) is 4.79 Å². The number of para-hydroxylation sites is 1. The topological polar surface area (TPSA) is 85.8 Å². The van der Waals surface area contributed by atoms with Crippen LogP contribution in [0.15, 0.2) is 53.7 Å². The summed E-state index contributed by atoms with van der Waals surface area (Å²) in [4.78, 5) is 12.3. The number of carbonyl (C=O) groups is 1. The van der Waals surface area contributed by atoms with Crippen molar-refractivity contribution in [1.29, 1.82) is 0 Å². The van der Waals surface area contributed by atoms with Crippen molar-refractivity contribution in [3.63, 3.8) is 0 Å². The molecular weight excluding hydrogens is 346 g/mol. The van der Waals surface area contributed by atoms with Crippen LogP contribution < -0.4 is 11.1 Å². The number of amides is 1. The molecule has 1 amide bonds. The van der Waals surface area contributed by atoms with Crippen molar-refractivity contribution in [2.75, 3.05) is 16.8 Å². The molecule has 3 N–H and O–H groups in total. The molecule has 3 aromatic rings. The molecule has 3 rings (SSSR count). The van der Waals surface area contributed by atoms with E-state index in [1.165, 1.54) is 11.8 Å². The summed E-state index contributed by atoms with van der Waals surface area (Å²) in [5, 5.41) is 12.2. The third-order valence-corrected chi connectivity index (χ3v) is 4.90. The first-order valence-corrected chi connectivity index (χ1v) is 9.34. The second-order valence-corrected chi connectivity index (χ2v) is 6.77. The Morgan fingerprint density at radius 2 is 2.00 bits per heavy atom. The lowest BCUT2D eigenvalue weighted by atomic mass is 10.2. The van der Waals surface area contributed by atoms with Crippen molar-refractivity contribution in [1.82, 2.24) is 14.8 Å². The van der Waals surface area contributed by atoms with Gasteiger partial charge in [0, 0.05) is 23.5 Å². The summed E-state index contributed by atoms with van der Waals surface area (Å²) in [5.74, 6) is 0.950. The van der Waals surface area contributed by atoms with Crippen molar-refractivity contribution >= 4 is 29.0 Å². The number of nitrogens with two attached hydrogens (primary N) is 1. The Morgan fingerprint density at radius 1 is 1.19 bits per heavy atom. The predicted molar refractivity (Wildman–Crippen MR) is 106 cm³/mol. The minimum absolute atomic E-state index is 0.0690.